The first-order valence-corrected chi connectivity index (χ1v) is 6.34. The summed E-state index contributed by atoms with van der Waals surface area (Å²) in [5.41, 5.74) is 6.97. The van der Waals surface area contributed by atoms with Crippen LogP contribution in [0.25, 0.3) is 0 Å². The smallest absolute Gasteiger partial charge is 0.0206 e. The maximum absolute atomic E-state index is 5.63. The predicted octanol–water partition coefficient (Wildman–Crippen LogP) is 2.61. The topological polar surface area (TPSA) is 29.3 Å². The van der Waals surface area contributed by atoms with Gasteiger partial charge in [0.15, 0.2) is 0 Å². The van der Waals surface area contributed by atoms with Crippen molar-refractivity contribution in [3.8, 4) is 0 Å². The molecule has 1 aliphatic rings. The third-order valence-electron chi connectivity index (χ3n) is 3.66. The molecular weight excluding hydrogens is 184 g/mol. The lowest BCUT2D eigenvalue weighted by molar-refractivity contribution is 0.286. The first-order chi connectivity index (χ1) is 7.21. The zero-order valence-electron chi connectivity index (χ0n) is 10.3. The van der Waals surface area contributed by atoms with Crippen LogP contribution in [0.3, 0.4) is 0 Å². The van der Waals surface area contributed by atoms with Gasteiger partial charge >= 0.3 is 0 Å². The van der Waals surface area contributed by atoms with Crippen LogP contribution < -0.4 is 5.73 Å². The molecule has 2 nitrogen and oxygen atoms in total. The van der Waals surface area contributed by atoms with Crippen molar-refractivity contribution in [1.29, 1.82) is 0 Å². The van der Waals surface area contributed by atoms with Crippen LogP contribution in [0.4, 0.5) is 0 Å². The predicted molar refractivity (Wildman–Crippen MR) is 66.6 cm³/mol. The second kappa shape index (κ2) is 6.16. The maximum atomic E-state index is 5.63. The van der Waals surface area contributed by atoms with Crippen LogP contribution in [0.15, 0.2) is 12.3 Å². The first kappa shape index (κ1) is 12.6. The van der Waals surface area contributed by atoms with Crippen molar-refractivity contribution in [2.24, 2.45) is 17.6 Å². The van der Waals surface area contributed by atoms with Gasteiger partial charge in [0, 0.05) is 18.8 Å². The van der Waals surface area contributed by atoms with Crippen molar-refractivity contribution >= 4 is 0 Å². The Balaban J connectivity index is 2.40. The Labute approximate surface area is 94.5 Å². The van der Waals surface area contributed by atoms with Crippen molar-refractivity contribution in [2.45, 2.75) is 39.5 Å². The number of nitrogens with two attached hydrogens (primary N) is 1. The molecule has 0 bridgehead atoms. The summed E-state index contributed by atoms with van der Waals surface area (Å²) < 4.78 is 0. The molecule has 0 radical (unpaired) electrons. The molecule has 1 rings (SSSR count). The highest BCUT2D eigenvalue weighted by Crippen LogP contribution is 2.28. The molecule has 2 unspecified atom stereocenters. The summed E-state index contributed by atoms with van der Waals surface area (Å²) in [6.07, 6.45) is 4.87. The SMILES string of the molecule is C=C1CC(CC)CN1CC(CC)CCN. The van der Waals surface area contributed by atoms with E-state index in [1.54, 1.807) is 0 Å². The molecule has 1 aliphatic heterocycles. The van der Waals surface area contributed by atoms with E-state index >= 15 is 0 Å². The average molecular weight is 210 g/mol. The number of rotatable bonds is 6. The van der Waals surface area contributed by atoms with Gasteiger partial charge in [0.05, 0.1) is 0 Å². The molecule has 1 fully saturated rings. The molecular formula is C13H26N2. The second-order valence-corrected chi connectivity index (χ2v) is 4.80. The summed E-state index contributed by atoms with van der Waals surface area (Å²) >= 11 is 0. The molecule has 1 heterocycles. The standard InChI is InChI=1S/C13H26N2/c1-4-12(6-7-14)9-15-10-13(5-2)8-11(15)3/h12-13H,3-10,14H2,1-2H3. The third kappa shape index (κ3) is 3.53. The number of likely N-dealkylation sites (tertiary alicyclic amines) is 1. The molecule has 0 aromatic heterocycles. The molecule has 0 spiro atoms. The average Bonchev–Trinajstić information content (AvgIpc) is 2.59. The molecule has 15 heavy (non-hydrogen) atoms. The van der Waals surface area contributed by atoms with Crippen LogP contribution in [0.1, 0.15) is 39.5 Å². The summed E-state index contributed by atoms with van der Waals surface area (Å²) in [4.78, 5) is 2.48. The monoisotopic (exact) mass is 210 g/mol. The van der Waals surface area contributed by atoms with Crippen LogP contribution >= 0.6 is 0 Å². The normalized spacial score (nSPS) is 23.5. The Bertz CT molecular complexity index is 201. The molecule has 88 valence electrons. The zero-order chi connectivity index (χ0) is 11.3. The highest BCUT2D eigenvalue weighted by Gasteiger charge is 2.24. The molecule has 0 amide bonds. The van der Waals surface area contributed by atoms with E-state index in [9.17, 15) is 0 Å². The van der Waals surface area contributed by atoms with Gasteiger partial charge in [-0.05, 0) is 31.2 Å². The van der Waals surface area contributed by atoms with E-state index in [1.165, 1.54) is 38.0 Å². The largest absolute Gasteiger partial charge is 0.375 e. The first-order valence-electron chi connectivity index (χ1n) is 6.34. The fourth-order valence-corrected chi connectivity index (χ4v) is 2.42. The molecule has 1 saturated heterocycles. The van der Waals surface area contributed by atoms with Crippen LogP contribution in [-0.4, -0.2) is 24.5 Å². The molecule has 2 atom stereocenters. The van der Waals surface area contributed by atoms with Crippen molar-refractivity contribution in [1.82, 2.24) is 4.90 Å². The third-order valence-corrected chi connectivity index (χ3v) is 3.66. The minimum Gasteiger partial charge on any atom is -0.375 e. The van der Waals surface area contributed by atoms with Gasteiger partial charge in [-0.25, -0.2) is 0 Å². The van der Waals surface area contributed by atoms with Gasteiger partial charge in [-0.15, -0.1) is 0 Å². The van der Waals surface area contributed by atoms with Gasteiger partial charge in [-0.2, -0.15) is 0 Å². The molecule has 0 aromatic rings. The fourth-order valence-electron chi connectivity index (χ4n) is 2.42. The fraction of sp³-hybridized carbons (Fsp3) is 0.846. The van der Waals surface area contributed by atoms with Gasteiger partial charge in [-0.1, -0.05) is 33.3 Å². The van der Waals surface area contributed by atoms with E-state index in [4.69, 9.17) is 5.73 Å². The highest BCUT2D eigenvalue weighted by molar-refractivity contribution is 5.03. The number of hydrogen-bond donors (Lipinski definition) is 1. The summed E-state index contributed by atoms with van der Waals surface area (Å²) in [6.45, 7) is 11.9. The van der Waals surface area contributed by atoms with Crippen molar-refractivity contribution < 1.29 is 0 Å². The van der Waals surface area contributed by atoms with E-state index in [0.717, 1.165) is 24.8 Å². The summed E-state index contributed by atoms with van der Waals surface area (Å²) in [5, 5.41) is 0. The number of nitrogens with zero attached hydrogens (tertiary/aromatic N) is 1. The Hall–Kier alpha value is -0.500. The zero-order valence-corrected chi connectivity index (χ0v) is 10.3. The van der Waals surface area contributed by atoms with E-state index in [1.807, 2.05) is 0 Å². The van der Waals surface area contributed by atoms with Crippen LogP contribution in [0.5, 0.6) is 0 Å². The highest BCUT2D eigenvalue weighted by atomic mass is 15.2. The maximum Gasteiger partial charge on any atom is 0.0206 e. The van der Waals surface area contributed by atoms with Gasteiger partial charge in [-0.3, -0.25) is 0 Å². The second-order valence-electron chi connectivity index (χ2n) is 4.80. The van der Waals surface area contributed by atoms with E-state index in [2.05, 4.69) is 25.3 Å². The minimum absolute atomic E-state index is 0.752. The van der Waals surface area contributed by atoms with Gasteiger partial charge < -0.3 is 10.6 Å². The van der Waals surface area contributed by atoms with Crippen LogP contribution in [0, 0.1) is 11.8 Å². The molecule has 0 aliphatic carbocycles. The number of hydrogen-bond acceptors (Lipinski definition) is 2. The van der Waals surface area contributed by atoms with Crippen molar-refractivity contribution in [3.63, 3.8) is 0 Å². The van der Waals surface area contributed by atoms with Gasteiger partial charge in [0.25, 0.3) is 0 Å². The Morgan fingerprint density at radius 1 is 1.53 bits per heavy atom. The molecule has 2 heteroatoms. The summed E-state index contributed by atoms with van der Waals surface area (Å²) in [5.74, 6) is 1.59. The van der Waals surface area contributed by atoms with Crippen molar-refractivity contribution in [2.75, 3.05) is 19.6 Å². The van der Waals surface area contributed by atoms with E-state index in [-0.39, 0.29) is 0 Å². The van der Waals surface area contributed by atoms with E-state index < -0.39 is 0 Å². The lowest BCUT2D eigenvalue weighted by Gasteiger charge is -2.25. The van der Waals surface area contributed by atoms with Crippen LogP contribution in [-0.2, 0) is 0 Å². The minimum atomic E-state index is 0.752. The summed E-state index contributed by atoms with van der Waals surface area (Å²) in [7, 11) is 0. The summed E-state index contributed by atoms with van der Waals surface area (Å²) in [6, 6.07) is 0. The number of allylic oxidation sites excluding steroid dienone is 1. The van der Waals surface area contributed by atoms with Gasteiger partial charge in [0.2, 0.25) is 0 Å². The Kier molecular flexibility index (Phi) is 5.16. The Morgan fingerprint density at radius 3 is 2.73 bits per heavy atom. The lowest BCUT2D eigenvalue weighted by atomic mass is 10.0. The molecule has 0 saturated carbocycles. The molecule has 2 N–H and O–H groups in total. The van der Waals surface area contributed by atoms with E-state index in [0.29, 0.717) is 0 Å². The van der Waals surface area contributed by atoms with Gasteiger partial charge in [0.1, 0.15) is 0 Å². The van der Waals surface area contributed by atoms with Crippen molar-refractivity contribution in [3.05, 3.63) is 12.3 Å². The molecule has 0 aromatic carbocycles. The van der Waals surface area contributed by atoms with Crippen LogP contribution in [0.2, 0.25) is 0 Å². The lowest BCUT2D eigenvalue weighted by Crippen LogP contribution is -2.27. The quantitative estimate of drug-likeness (QED) is 0.730. The Morgan fingerprint density at radius 2 is 2.27 bits per heavy atom.